The van der Waals surface area contributed by atoms with Crippen LogP contribution >= 0.6 is 22.9 Å². The summed E-state index contributed by atoms with van der Waals surface area (Å²) in [6, 6.07) is 9.04. The lowest BCUT2D eigenvalue weighted by Gasteiger charge is -2.42. The molecule has 8 heteroatoms. The molecular formula is C16H16ClN3O3S. The summed E-state index contributed by atoms with van der Waals surface area (Å²) >= 11 is 7.18. The standard InChI is InChI=1S/C16H16ClN3O3S/c17-11-3-1-10(2-4-11)16(8-23-9-16)19-7-13(21)20-15-12(14(18)22)5-6-24-15/h1-6,19H,7-9H2,(H2,18,22)(H,20,21). The van der Waals surface area contributed by atoms with Crippen LogP contribution in [0.25, 0.3) is 0 Å². The number of rotatable bonds is 6. The molecule has 1 saturated heterocycles. The number of halogens is 1. The molecule has 4 N–H and O–H groups in total. The Morgan fingerprint density at radius 3 is 2.54 bits per heavy atom. The SMILES string of the molecule is NC(=O)c1ccsc1NC(=O)CNC1(c2ccc(Cl)cc2)COC1. The van der Waals surface area contributed by atoms with Gasteiger partial charge >= 0.3 is 0 Å². The van der Waals surface area contributed by atoms with Crippen molar-refractivity contribution in [1.29, 1.82) is 0 Å². The van der Waals surface area contributed by atoms with Gasteiger partial charge < -0.3 is 15.8 Å². The Morgan fingerprint density at radius 2 is 1.96 bits per heavy atom. The van der Waals surface area contributed by atoms with Gasteiger partial charge in [0.1, 0.15) is 5.00 Å². The normalized spacial score (nSPS) is 15.5. The van der Waals surface area contributed by atoms with E-state index in [9.17, 15) is 9.59 Å². The van der Waals surface area contributed by atoms with Crippen LogP contribution in [0.3, 0.4) is 0 Å². The van der Waals surface area contributed by atoms with E-state index in [1.807, 2.05) is 24.3 Å². The number of carbonyl (C=O) groups is 2. The predicted octanol–water partition coefficient (Wildman–Crippen LogP) is 1.95. The molecule has 1 aliphatic heterocycles. The van der Waals surface area contributed by atoms with Crippen LogP contribution in [-0.4, -0.2) is 31.6 Å². The summed E-state index contributed by atoms with van der Waals surface area (Å²) < 4.78 is 5.33. The third-order valence-electron chi connectivity index (χ3n) is 3.86. The number of thiophene rings is 1. The summed E-state index contributed by atoms with van der Waals surface area (Å²) in [4.78, 5) is 23.5. The van der Waals surface area contributed by atoms with Crippen molar-refractivity contribution in [3.8, 4) is 0 Å². The van der Waals surface area contributed by atoms with Gasteiger partial charge in [-0.2, -0.15) is 0 Å². The maximum atomic E-state index is 12.2. The van der Waals surface area contributed by atoms with Gasteiger partial charge in [-0.25, -0.2) is 0 Å². The van der Waals surface area contributed by atoms with E-state index in [0.717, 1.165) is 5.56 Å². The van der Waals surface area contributed by atoms with Crippen LogP contribution in [0.4, 0.5) is 5.00 Å². The van der Waals surface area contributed by atoms with Crippen LogP contribution in [0.2, 0.25) is 5.02 Å². The van der Waals surface area contributed by atoms with Gasteiger partial charge in [0.2, 0.25) is 5.91 Å². The van der Waals surface area contributed by atoms with E-state index in [1.165, 1.54) is 11.3 Å². The number of anilines is 1. The van der Waals surface area contributed by atoms with Gasteiger partial charge in [-0.05, 0) is 29.1 Å². The van der Waals surface area contributed by atoms with Crippen molar-refractivity contribution >= 4 is 39.8 Å². The van der Waals surface area contributed by atoms with Gasteiger partial charge in [0.05, 0.1) is 30.9 Å². The topological polar surface area (TPSA) is 93.5 Å². The number of benzene rings is 1. The fourth-order valence-corrected chi connectivity index (χ4v) is 3.40. The lowest BCUT2D eigenvalue weighted by molar-refractivity contribution is -0.118. The molecule has 6 nitrogen and oxygen atoms in total. The lowest BCUT2D eigenvalue weighted by Crippen LogP contribution is -2.59. The predicted molar refractivity (Wildman–Crippen MR) is 93.4 cm³/mol. The van der Waals surface area contributed by atoms with Crippen molar-refractivity contribution < 1.29 is 14.3 Å². The van der Waals surface area contributed by atoms with Crippen LogP contribution in [0.15, 0.2) is 35.7 Å². The van der Waals surface area contributed by atoms with Crippen LogP contribution < -0.4 is 16.4 Å². The molecule has 2 amide bonds. The molecule has 24 heavy (non-hydrogen) atoms. The summed E-state index contributed by atoms with van der Waals surface area (Å²) in [6.07, 6.45) is 0. The van der Waals surface area contributed by atoms with E-state index in [0.29, 0.717) is 28.8 Å². The molecule has 0 unspecified atom stereocenters. The lowest BCUT2D eigenvalue weighted by atomic mass is 9.88. The molecule has 0 aliphatic carbocycles. The summed E-state index contributed by atoms with van der Waals surface area (Å²) in [5, 5.41) is 8.77. The zero-order valence-electron chi connectivity index (χ0n) is 12.7. The minimum Gasteiger partial charge on any atom is -0.377 e. The molecule has 0 saturated carbocycles. The molecule has 2 heterocycles. The van der Waals surface area contributed by atoms with Crippen molar-refractivity contribution in [2.24, 2.45) is 5.73 Å². The highest BCUT2D eigenvalue weighted by Gasteiger charge is 2.40. The van der Waals surface area contributed by atoms with Crippen molar-refractivity contribution in [3.63, 3.8) is 0 Å². The highest BCUT2D eigenvalue weighted by Crippen LogP contribution is 2.30. The van der Waals surface area contributed by atoms with Crippen molar-refractivity contribution in [1.82, 2.24) is 5.32 Å². The number of ether oxygens (including phenoxy) is 1. The van der Waals surface area contributed by atoms with Crippen molar-refractivity contribution in [2.75, 3.05) is 25.1 Å². The maximum absolute atomic E-state index is 12.2. The molecule has 0 atom stereocenters. The first-order valence-electron chi connectivity index (χ1n) is 7.26. The molecular weight excluding hydrogens is 350 g/mol. The Labute approximate surface area is 147 Å². The molecule has 0 bridgehead atoms. The molecule has 0 spiro atoms. The molecule has 1 aromatic heterocycles. The molecule has 1 fully saturated rings. The third kappa shape index (κ3) is 3.44. The van der Waals surface area contributed by atoms with E-state index in [2.05, 4.69) is 10.6 Å². The highest BCUT2D eigenvalue weighted by molar-refractivity contribution is 7.14. The zero-order valence-corrected chi connectivity index (χ0v) is 14.2. The van der Waals surface area contributed by atoms with Crippen LogP contribution in [0.5, 0.6) is 0 Å². The van der Waals surface area contributed by atoms with E-state index >= 15 is 0 Å². The Hall–Kier alpha value is -1.93. The number of nitrogens with one attached hydrogen (secondary N) is 2. The maximum Gasteiger partial charge on any atom is 0.251 e. The van der Waals surface area contributed by atoms with Gasteiger partial charge in [0.15, 0.2) is 0 Å². The molecule has 3 rings (SSSR count). The van der Waals surface area contributed by atoms with Gasteiger partial charge in [0, 0.05) is 5.02 Å². The Kier molecular flexibility index (Phi) is 4.86. The minimum absolute atomic E-state index is 0.0854. The largest absolute Gasteiger partial charge is 0.377 e. The fourth-order valence-electron chi connectivity index (χ4n) is 2.47. The molecule has 2 aromatic rings. The third-order valence-corrected chi connectivity index (χ3v) is 4.95. The number of hydrogen-bond donors (Lipinski definition) is 3. The van der Waals surface area contributed by atoms with E-state index < -0.39 is 11.4 Å². The van der Waals surface area contributed by atoms with Gasteiger partial charge in [-0.3, -0.25) is 14.9 Å². The number of primary amides is 1. The fraction of sp³-hybridized carbons (Fsp3) is 0.250. The second-order valence-electron chi connectivity index (χ2n) is 5.51. The van der Waals surface area contributed by atoms with Crippen molar-refractivity contribution in [3.05, 3.63) is 51.9 Å². The second-order valence-corrected chi connectivity index (χ2v) is 6.86. The van der Waals surface area contributed by atoms with Crippen molar-refractivity contribution in [2.45, 2.75) is 5.54 Å². The van der Waals surface area contributed by atoms with E-state index in [1.54, 1.807) is 11.4 Å². The molecule has 1 aliphatic rings. The van der Waals surface area contributed by atoms with E-state index in [4.69, 9.17) is 22.1 Å². The van der Waals surface area contributed by atoms with Crippen LogP contribution in [0, 0.1) is 0 Å². The van der Waals surface area contributed by atoms with Gasteiger partial charge in [-0.1, -0.05) is 23.7 Å². The molecule has 1 aromatic carbocycles. The first kappa shape index (κ1) is 16.9. The number of nitrogens with two attached hydrogens (primary N) is 1. The molecule has 126 valence electrons. The number of amides is 2. The quantitative estimate of drug-likeness (QED) is 0.729. The minimum atomic E-state index is -0.565. The Bertz CT molecular complexity index is 756. The summed E-state index contributed by atoms with van der Waals surface area (Å²) in [7, 11) is 0. The van der Waals surface area contributed by atoms with Gasteiger partial charge in [-0.15, -0.1) is 11.3 Å². The first-order chi connectivity index (χ1) is 11.5. The molecule has 0 radical (unpaired) electrons. The number of carbonyl (C=O) groups excluding carboxylic acids is 2. The first-order valence-corrected chi connectivity index (χ1v) is 8.52. The Morgan fingerprint density at radius 1 is 1.25 bits per heavy atom. The monoisotopic (exact) mass is 365 g/mol. The van der Waals surface area contributed by atoms with Crippen LogP contribution in [-0.2, 0) is 15.1 Å². The second kappa shape index (κ2) is 6.90. The summed E-state index contributed by atoms with van der Waals surface area (Å²) in [5.41, 5.74) is 6.20. The average molecular weight is 366 g/mol. The van der Waals surface area contributed by atoms with E-state index in [-0.39, 0.29) is 12.5 Å². The Balaban J connectivity index is 1.63. The zero-order chi connectivity index (χ0) is 17.2. The average Bonchev–Trinajstić information content (AvgIpc) is 2.96. The smallest absolute Gasteiger partial charge is 0.251 e. The van der Waals surface area contributed by atoms with Gasteiger partial charge in [0.25, 0.3) is 5.91 Å². The van der Waals surface area contributed by atoms with Crippen LogP contribution in [0.1, 0.15) is 15.9 Å². The summed E-state index contributed by atoms with van der Waals surface area (Å²) in [6.45, 7) is 1.04. The summed E-state index contributed by atoms with van der Waals surface area (Å²) in [5.74, 6) is -0.815. The number of hydrogen-bond acceptors (Lipinski definition) is 5. The highest BCUT2D eigenvalue weighted by atomic mass is 35.5.